The van der Waals surface area contributed by atoms with Crippen molar-refractivity contribution in [3.8, 4) is 0 Å². The molecule has 0 aliphatic carbocycles. The third-order valence-electron chi connectivity index (χ3n) is 4.77. The Labute approximate surface area is 195 Å². The van der Waals surface area contributed by atoms with E-state index in [0.29, 0.717) is 9.91 Å². The van der Waals surface area contributed by atoms with Crippen molar-refractivity contribution >= 4 is 42.4 Å². The molecule has 3 aromatic rings. The van der Waals surface area contributed by atoms with Crippen LogP contribution in [0.3, 0.4) is 0 Å². The first-order valence-corrected chi connectivity index (χ1v) is 11.9. The summed E-state index contributed by atoms with van der Waals surface area (Å²) >= 11 is 4.81. The molecule has 0 fully saturated rings. The summed E-state index contributed by atoms with van der Waals surface area (Å²) in [7, 11) is 0. The van der Waals surface area contributed by atoms with Crippen LogP contribution in [-0.2, 0) is 11.3 Å². The predicted octanol–water partition coefficient (Wildman–Crippen LogP) is 3.25. The Bertz CT molecular complexity index is 1180. The van der Waals surface area contributed by atoms with Gasteiger partial charge in [0, 0.05) is 0 Å². The zero-order valence-corrected chi connectivity index (χ0v) is 19.7. The molecule has 1 heterocycles. The monoisotopic (exact) mass is 517 g/mol. The van der Waals surface area contributed by atoms with Crippen molar-refractivity contribution in [2.24, 2.45) is 0 Å². The van der Waals surface area contributed by atoms with Gasteiger partial charge in [-0.15, -0.1) is 0 Å². The van der Waals surface area contributed by atoms with E-state index in [1.54, 1.807) is 30.3 Å². The third kappa shape index (κ3) is 6.08. The molecule has 165 valence electrons. The summed E-state index contributed by atoms with van der Waals surface area (Å²) in [5, 5.41) is 12.2. The Morgan fingerprint density at radius 1 is 1.16 bits per heavy atom. The van der Waals surface area contributed by atoms with E-state index in [-0.39, 0.29) is 23.6 Å². The maximum absolute atomic E-state index is 14.1. The summed E-state index contributed by atoms with van der Waals surface area (Å²) in [5.74, 6) is -1.56. The average molecular weight is 518 g/mol. The van der Waals surface area contributed by atoms with E-state index in [2.05, 4.69) is 5.32 Å². The number of rotatable bonds is 8. The second-order valence-corrected chi connectivity index (χ2v) is 9.89. The van der Waals surface area contributed by atoms with Gasteiger partial charge in [-0.1, -0.05) is 0 Å². The van der Waals surface area contributed by atoms with Crippen molar-refractivity contribution in [2.75, 3.05) is 0 Å². The molecule has 32 heavy (non-hydrogen) atoms. The molecule has 6 nitrogen and oxygen atoms in total. The van der Waals surface area contributed by atoms with Gasteiger partial charge < -0.3 is 0 Å². The van der Waals surface area contributed by atoms with Crippen LogP contribution in [0.1, 0.15) is 29.2 Å². The Morgan fingerprint density at radius 2 is 1.88 bits per heavy atom. The Kier molecular flexibility index (Phi) is 7.88. The van der Waals surface area contributed by atoms with Crippen LogP contribution in [0.4, 0.5) is 9.18 Å². The van der Waals surface area contributed by atoms with Gasteiger partial charge in [0.05, 0.1) is 0 Å². The van der Waals surface area contributed by atoms with Crippen molar-refractivity contribution in [3.05, 3.63) is 98.7 Å². The molecule has 9 heteroatoms. The average Bonchev–Trinajstić information content (AvgIpc) is 2.73. The fourth-order valence-corrected chi connectivity index (χ4v) is 5.06. The first-order valence-electron chi connectivity index (χ1n) is 9.67. The molecular formula is C23H20AsClFN2O4. The van der Waals surface area contributed by atoms with Crippen molar-refractivity contribution in [1.29, 1.82) is 0 Å². The predicted molar refractivity (Wildman–Crippen MR) is 121 cm³/mol. The number of carboxylic acids is 1. The zero-order chi connectivity index (χ0) is 23.3. The number of benzene rings is 2. The fraction of sp³-hybridized carbons (Fsp3) is 0.174. The Morgan fingerprint density at radius 3 is 2.53 bits per heavy atom. The third-order valence-corrected chi connectivity index (χ3v) is 7.04. The second kappa shape index (κ2) is 10.6. The molecule has 3 rings (SSSR count). The summed E-state index contributed by atoms with van der Waals surface area (Å²) in [5.41, 5.74) is 1.47. The summed E-state index contributed by atoms with van der Waals surface area (Å²) in [6.07, 6.45) is 1.23. The van der Waals surface area contributed by atoms with Gasteiger partial charge in [0.15, 0.2) is 0 Å². The van der Waals surface area contributed by atoms with E-state index >= 15 is 0 Å². The minimum atomic E-state index is -1.25. The van der Waals surface area contributed by atoms with Gasteiger partial charge >= 0.3 is 196 Å². The van der Waals surface area contributed by atoms with Gasteiger partial charge in [0.2, 0.25) is 0 Å². The number of hydrogen-bond donors (Lipinski definition) is 2. The van der Waals surface area contributed by atoms with Crippen LogP contribution >= 0.6 is 11.6 Å². The first kappa shape index (κ1) is 23.8. The molecule has 1 atom stereocenters. The summed E-state index contributed by atoms with van der Waals surface area (Å²) < 4.78 is 15.3. The Balaban J connectivity index is 1.78. The molecule has 2 aromatic carbocycles. The van der Waals surface area contributed by atoms with Crippen molar-refractivity contribution < 1.29 is 19.1 Å². The summed E-state index contributed by atoms with van der Waals surface area (Å²) in [6.45, 7) is 1.85. The van der Waals surface area contributed by atoms with Crippen LogP contribution in [0, 0.1) is 12.7 Å². The summed E-state index contributed by atoms with van der Waals surface area (Å²) in [4.78, 5) is 36.8. The molecule has 0 saturated heterocycles. The van der Waals surface area contributed by atoms with Crippen LogP contribution in [0.2, 0.25) is 5.02 Å². The SMILES string of the molecule is Cc1ccc([C@H](CC(=O)O)NC(=O)[As]c2cccn(Cc3c(F)cccc3Cl)c2=O)cc1. The number of aliphatic carboxylic acids is 1. The topological polar surface area (TPSA) is 88.4 Å². The number of nitrogens with one attached hydrogen (secondary N) is 1. The van der Waals surface area contributed by atoms with E-state index in [0.717, 1.165) is 5.56 Å². The number of carbonyl (C=O) groups excluding carboxylic acids is 1. The number of aromatic nitrogens is 1. The van der Waals surface area contributed by atoms with Gasteiger partial charge in [-0.25, -0.2) is 0 Å². The number of nitrogens with zero attached hydrogens (tertiary/aromatic N) is 1. The first-order chi connectivity index (χ1) is 15.2. The van der Waals surface area contributed by atoms with Crippen LogP contribution < -0.4 is 15.2 Å². The van der Waals surface area contributed by atoms with Gasteiger partial charge in [0.25, 0.3) is 0 Å². The zero-order valence-electron chi connectivity index (χ0n) is 17.1. The van der Waals surface area contributed by atoms with Crippen LogP contribution in [0.15, 0.2) is 65.6 Å². The van der Waals surface area contributed by atoms with E-state index in [9.17, 15) is 23.9 Å². The van der Waals surface area contributed by atoms with Crippen LogP contribution in [0.25, 0.3) is 0 Å². The molecule has 1 amide bonds. The molecular weight excluding hydrogens is 498 g/mol. The van der Waals surface area contributed by atoms with Crippen molar-refractivity contribution in [1.82, 2.24) is 9.88 Å². The van der Waals surface area contributed by atoms with E-state index in [1.807, 2.05) is 19.1 Å². The van der Waals surface area contributed by atoms with Crippen LogP contribution in [-0.4, -0.2) is 36.1 Å². The van der Waals surface area contributed by atoms with E-state index in [4.69, 9.17) is 11.6 Å². The van der Waals surface area contributed by atoms with Crippen LogP contribution in [0.5, 0.6) is 0 Å². The molecule has 0 aliphatic heterocycles. The molecule has 2 N–H and O–H groups in total. The standard InChI is InChI=1S/C23H20AsClFN2O4/c1-14-7-9-15(10-8-14)20(12-21(29)30)27-23(32)24-17-4-3-11-28(22(17)31)13-16-18(25)5-2-6-19(16)26/h2-11,20H,12-13H2,1H3,(H,27,32)(H,29,30)/t20-/m0/s1. The van der Waals surface area contributed by atoms with Gasteiger partial charge in [-0.05, 0) is 0 Å². The number of halogens is 2. The van der Waals surface area contributed by atoms with E-state index < -0.39 is 43.8 Å². The number of aryl methyl sites for hydroxylation is 1. The number of hydrogen-bond acceptors (Lipinski definition) is 3. The number of carbonyl (C=O) groups is 2. The van der Waals surface area contributed by atoms with Gasteiger partial charge in [0.1, 0.15) is 0 Å². The number of pyridine rings is 1. The molecule has 0 saturated carbocycles. The Hall–Kier alpha value is -2.89. The molecule has 1 aromatic heterocycles. The van der Waals surface area contributed by atoms with Gasteiger partial charge in [-0.2, -0.15) is 0 Å². The van der Waals surface area contributed by atoms with Crippen molar-refractivity contribution in [2.45, 2.75) is 25.9 Å². The fourth-order valence-electron chi connectivity index (χ4n) is 3.10. The van der Waals surface area contributed by atoms with Gasteiger partial charge in [-0.3, -0.25) is 0 Å². The normalized spacial score (nSPS) is 12.1. The minimum absolute atomic E-state index is 0.0636. The number of carboxylic acid groups (broad SMARTS) is 1. The van der Waals surface area contributed by atoms with Crippen molar-refractivity contribution in [3.63, 3.8) is 0 Å². The number of amides is 1. The molecule has 0 bridgehead atoms. The molecule has 0 aliphatic rings. The summed E-state index contributed by atoms with van der Waals surface area (Å²) in [6, 6.07) is 14.0. The maximum atomic E-state index is 14.1. The molecule has 0 unspecified atom stereocenters. The quantitative estimate of drug-likeness (QED) is 0.449. The van der Waals surface area contributed by atoms with E-state index in [1.165, 1.54) is 22.9 Å². The molecule has 1 radical (unpaired) electrons. The second-order valence-electron chi connectivity index (χ2n) is 7.15. The molecule has 0 spiro atoms.